The monoisotopic (exact) mass is 493 g/mol. The second-order valence-corrected chi connectivity index (χ2v) is 8.79. The highest BCUT2D eigenvalue weighted by Gasteiger charge is 2.09. The van der Waals surface area contributed by atoms with E-state index >= 15 is 0 Å². The Kier molecular flexibility index (Phi) is 5.68. The molecule has 0 atom stereocenters. The van der Waals surface area contributed by atoms with Gasteiger partial charge in [0, 0.05) is 0 Å². The summed E-state index contributed by atoms with van der Waals surface area (Å²) in [6.07, 6.45) is 1.82. The summed E-state index contributed by atoms with van der Waals surface area (Å²) in [5, 5.41) is 12.1. The Labute approximate surface area is 200 Å². The second kappa shape index (κ2) is 8.93. The lowest BCUT2D eigenvalue weighted by molar-refractivity contribution is 0.304. The van der Waals surface area contributed by atoms with Crippen molar-refractivity contribution in [3.63, 3.8) is 0 Å². The highest BCUT2D eigenvalue weighted by Crippen LogP contribution is 2.29. The van der Waals surface area contributed by atoms with E-state index in [1.165, 1.54) is 10.8 Å². The number of hydrogen-bond acceptors (Lipinski definition) is 3. The molecule has 0 aliphatic carbocycles. The van der Waals surface area contributed by atoms with Crippen molar-refractivity contribution in [1.29, 1.82) is 5.26 Å². The fourth-order valence-electron chi connectivity index (χ4n) is 3.78. The van der Waals surface area contributed by atoms with Crippen molar-refractivity contribution in [2.45, 2.75) is 13.5 Å². The first-order valence-corrected chi connectivity index (χ1v) is 11.4. The normalized spacial score (nSPS) is 11.6. The zero-order valence-corrected chi connectivity index (χ0v) is 19.6. The molecule has 1 N–H and O–H groups in total. The van der Waals surface area contributed by atoms with Crippen LogP contribution in [0.1, 0.15) is 22.5 Å². The van der Waals surface area contributed by atoms with E-state index in [0.717, 1.165) is 37.9 Å². The molecule has 4 nitrogen and oxygen atoms in total. The van der Waals surface area contributed by atoms with Crippen LogP contribution in [0.3, 0.4) is 0 Å². The molecule has 5 aromatic rings. The molecule has 33 heavy (non-hydrogen) atoms. The summed E-state index contributed by atoms with van der Waals surface area (Å²) < 4.78 is 6.87. The maximum Gasteiger partial charge on any atom is 0.149 e. The van der Waals surface area contributed by atoms with Crippen LogP contribution in [0.2, 0.25) is 0 Å². The van der Waals surface area contributed by atoms with Gasteiger partial charge in [-0.25, -0.2) is 4.98 Å². The quantitative estimate of drug-likeness (QED) is 0.259. The minimum absolute atomic E-state index is 0.473. The average Bonchev–Trinajstić information content (AvgIpc) is 3.24. The molecule has 1 heterocycles. The number of nitrogens with one attached hydrogen (secondary N) is 1. The first kappa shape index (κ1) is 21.0. The number of halogens is 1. The molecule has 0 saturated carbocycles. The molecule has 0 bridgehead atoms. The Morgan fingerprint density at radius 1 is 1.03 bits per heavy atom. The fraction of sp³-hybridized carbons (Fsp3) is 0.0714. The van der Waals surface area contributed by atoms with Crippen LogP contribution in [0.25, 0.3) is 33.5 Å². The number of nitriles is 1. The highest BCUT2D eigenvalue weighted by atomic mass is 79.9. The Balaban J connectivity index is 1.35. The van der Waals surface area contributed by atoms with Gasteiger partial charge in [-0.2, -0.15) is 5.26 Å². The predicted octanol–water partition coefficient (Wildman–Crippen LogP) is 7.43. The van der Waals surface area contributed by atoms with Crippen molar-refractivity contribution >= 4 is 49.4 Å². The molecule has 0 radical (unpaired) electrons. The Morgan fingerprint density at radius 3 is 2.70 bits per heavy atom. The minimum atomic E-state index is 0.473. The molecule has 4 aromatic carbocycles. The van der Waals surface area contributed by atoms with Crippen LogP contribution in [-0.2, 0) is 6.61 Å². The number of nitrogens with zero attached hydrogens (tertiary/aromatic N) is 2. The van der Waals surface area contributed by atoms with Gasteiger partial charge in [0.2, 0.25) is 0 Å². The van der Waals surface area contributed by atoms with Crippen LogP contribution in [0, 0.1) is 18.3 Å². The van der Waals surface area contributed by atoms with Crippen molar-refractivity contribution in [1.82, 2.24) is 9.97 Å². The van der Waals surface area contributed by atoms with Gasteiger partial charge in [0.1, 0.15) is 24.3 Å². The van der Waals surface area contributed by atoms with Gasteiger partial charge in [-0.05, 0) is 86.7 Å². The maximum atomic E-state index is 9.72. The lowest BCUT2D eigenvalue weighted by Gasteiger charge is -2.10. The van der Waals surface area contributed by atoms with Gasteiger partial charge in [-0.15, -0.1) is 0 Å². The zero-order valence-electron chi connectivity index (χ0n) is 18.0. The number of fused-ring (bicyclic) bond motifs is 2. The van der Waals surface area contributed by atoms with Gasteiger partial charge in [-0.1, -0.05) is 48.5 Å². The third-order valence-electron chi connectivity index (χ3n) is 5.49. The highest BCUT2D eigenvalue weighted by molar-refractivity contribution is 9.10. The van der Waals surface area contributed by atoms with Crippen molar-refractivity contribution in [2.75, 3.05) is 0 Å². The van der Waals surface area contributed by atoms with Crippen molar-refractivity contribution < 1.29 is 4.74 Å². The molecule has 0 aliphatic rings. The Hall–Kier alpha value is -3.88. The van der Waals surface area contributed by atoms with Gasteiger partial charge in [0.25, 0.3) is 0 Å². The van der Waals surface area contributed by atoms with Gasteiger partial charge < -0.3 is 9.72 Å². The van der Waals surface area contributed by atoms with Gasteiger partial charge >= 0.3 is 0 Å². The van der Waals surface area contributed by atoms with Gasteiger partial charge in [-0.3, -0.25) is 0 Å². The molecule has 0 saturated heterocycles. The van der Waals surface area contributed by atoms with Crippen molar-refractivity contribution in [3.05, 3.63) is 106 Å². The van der Waals surface area contributed by atoms with Crippen LogP contribution in [0.4, 0.5) is 0 Å². The van der Waals surface area contributed by atoms with E-state index < -0.39 is 0 Å². The molecular formula is C28H20BrN3O. The standard InChI is InChI=1S/C28H20BrN3O/c1-18-6-10-25-26(12-18)32-28(31-25)23(16-30)13-19-8-11-27(24(29)15-19)33-17-20-7-9-21-4-2-3-5-22(21)14-20/h2-15H,17H2,1H3,(H,31,32)/b23-13-. The number of benzene rings is 4. The van der Waals surface area contributed by atoms with Crippen LogP contribution in [0.5, 0.6) is 5.75 Å². The predicted molar refractivity (Wildman–Crippen MR) is 137 cm³/mol. The van der Waals surface area contributed by atoms with E-state index in [2.05, 4.69) is 62.3 Å². The summed E-state index contributed by atoms with van der Waals surface area (Å²) in [5.74, 6) is 1.31. The molecule has 0 unspecified atom stereocenters. The largest absolute Gasteiger partial charge is 0.488 e. The first-order chi connectivity index (χ1) is 16.1. The number of H-pyrrole nitrogens is 1. The smallest absolute Gasteiger partial charge is 0.149 e. The van der Waals surface area contributed by atoms with E-state index in [0.29, 0.717) is 18.0 Å². The third kappa shape index (κ3) is 4.52. The summed E-state index contributed by atoms with van der Waals surface area (Å²) in [4.78, 5) is 7.81. The SMILES string of the molecule is Cc1ccc2nc(/C(C#N)=C\c3ccc(OCc4ccc5ccccc5c4)c(Br)c3)[nH]c2c1. The third-order valence-corrected chi connectivity index (χ3v) is 6.11. The number of aryl methyl sites for hydroxylation is 1. The van der Waals surface area contributed by atoms with Crippen LogP contribution >= 0.6 is 15.9 Å². The van der Waals surface area contributed by atoms with Gasteiger partial charge in [0.15, 0.2) is 0 Å². The number of rotatable bonds is 5. The summed E-state index contributed by atoms with van der Waals surface area (Å²) in [5.41, 5.74) is 5.37. The van der Waals surface area contributed by atoms with E-state index in [4.69, 9.17) is 4.74 Å². The number of aromatic nitrogens is 2. The number of imidazole rings is 1. The maximum absolute atomic E-state index is 9.72. The number of aromatic amines is 1. The van der Waals surface area contributed by atoms with E-state index in [1.807, 2.05) is 61.5 Å². The van der Waals surface area contributed by atoms with Crippen LogP contribution in [-0.4, -0.2) is 9.97 Å². The summed E-state index contributed by atoms with van der Waals surface area (Å²) in [7, 11) is 0. The fourth-order valence-corrected chi connectivity index (χ4v) is 4.30. The number of allylic oxidation sites excluding steroid dienone is 1. The molecule has 0 aliphatic heterocycles. The summed E-state index contributed by atoms with van der Waals surface area (Å²) in [6, 6.07) is 28.7. The molecule has 0 spiro atoms. The van der Waals surface area contributed by atoms with Crippen LogP contribution in [0.15, 0.2) is 83.3 Å². The molecule has 5 heteroatoms. The summed E-state index contributed by atoms with van der Waals surface area (Å²) >= 11 is 3.60. The van der Waals surface area contributed by atoms with E-state index in [-0.39, 0.29) is 0 Å². The number of ether oxygens (including phenoxy) is 1. The summed E-state index contributed by atoms with van der Waals surface area (Å²) in [6.45, 7) is 2.50. The Morgan fingerprint density at radius 2 is 1.88 bits per heavy atom. The van der Waals surface area contributed by atoms with E-state index in [9.17, 15) is 5.26 Å². The zero-order chi connectivity index (χ0) is 22.8. The topological polar surface area (TPSA) is 61.7 Å². The van der Waals surface area contributed by atoms with Crippen molar-refractivity contribution in [3.8, 4) is 11.8 Å². The van der Waals surface area contributed by atoms with Crippen molar-refractivity contribution in [2.24, 2.45) is 0 Å². The number of hydrogen-bond donors (Lipinski definition) is 1. The molecule has 5 rings (SSSR count). The molecule has 1 aromatic heterocycles. The Bertz CT molecular complexity index is 1560. The molecule has 0 fully saturated rings. The van der Waals surface area contributed by atoms with Gasteiger partial charge in [0.05, 0.1) is 21.1 Å². The molecular weight excluding hydrogens is 474 g/mol. The van der Waals surface area contributed by atoms with Crippen LogP contribution < -0.4 is 4.74 Å². The lowest BCUT2D eigenvalue weighted by Crippen LogP contribution is -1.96. The lowest BCUT2D eigenvalue weighted by atomic mass is 10.1. The average molecular weight is 494 g/mol. The molecule has 0 amide bonds. The van der Waals surface area contributed by atoms with E-state index in [1.54, 1.807) is 0 Å². The minimum Gasteiger partial charge on any atom is -0.488 e. The second-order valence-electron chi connectivity index (χ2n) is 7.94. The first-order valence-electron chi connectivity index (χ1n) is 10.6. The molecule has 160 valence electrons.